The van der Waals surface area contributed by atoms with E-state index in [1.54, 1.807) is 0 Å². The van der Waals surface area contributed by atoms with Crippen LogP contribution in [0.3, 0.4) is 0 Å². The van der Waals surface area contributed by atoms with E-state index in [-0.39, 0.29) is 0 Å². The summed E-state index contributed by atoms with van der Waals surface area (Å²) in [6, 6.07) is 0. The molecule has 4 heteroatoms. The molecule has 0 aliphatic rings. The molecule has 0 aromatic rings. The topological polar surface area (TPSA) is 63.3 Å². The lowest BCUT2D eigenvalue weighted by Crippen LogP contribution is -1.97. The highest BCUT2D eigenvalue weighted by Gasteiger charge is 1.73. The van der Waals surface area contributed by atoms with E-state index in [1.807, 2.05) is 0 Å². The predicted molar refractivity (Wildman–Crippen MR) is 40.7 cm³/mol. The van der Waals surface area contributed by atoms with Crippen LogP contribution in [-0.2, 0) is 4.79 Å². The first kappa shape index (κ1) is 11.3. The summed E-state index contributed by atoms with van der Waals surface area (Å²) in [6.45, 7) is 3.64. The van der Waals surface area contributed by atoms with Crippen LogP contribution >= 0.6 is 12.6 Å². The van der Waals surface area contributed by atoms with Gasteiger partial charge in [-0.2, -0.15) is 12.6 Å². The Morgan fingerprint density at radius 2 is 2.11 bits per heavy atom. The molecule has 0 fully saturated rings. The van der Waals surface area contributed by atoms with Crippen molar-refractivity contribution in [1.82, 2.24) is 0 Å². The van der Waals surface area contributed by atoms with Crippen molar-refractivity contribution in [2.45, 2.75) is 0 Å². The van der Waals surface area contributed by atoms with Gasteiger partial charge < -0.3 is 10.8 Å². The molecule has 0 aliphatic heterocycles. The normalized spacial score (nSPS) is 6.89. The van der Waals surface area contributed by atoms with Crippen LogP contribution in [0.15, 0.2) is 12.7 Å². The van der Waals surface area contributed by atoms with Crippen LogP contribution in [0.4, 0.5) is 0 Å². The molecule has 0 radical (unpaired) electrons. The molecule has 0 aromatic carbocycles. The highest BCUT2D eigenvalue weighted by molar-refractivity contribution is 7.80. The van der Waals surface area contributed by atoms with E-state index < -0.39 is 5.97 Å². The lowest BCUT2D eigenvalue weighted by molar-refractivity contribution is -0.131. The number of carboxylic acid groups (broad SMARTS) is 1. The van der Waals surface area contributed by atoms with Crippen LogP contribution in [0.5, 0.6) is 0 Å². The van der Waals surface area contributed by atoms with Gasteiger partial charge in [-0.15, -0.1) is 0 Å². The number of nitrogens with two attached hydrogens (primary N) is 1. The Labute approximate surface area is 60.0 Å². The Hall–Kier alpha value is -0.480. The summed E-state index contributed by atoms with van der Waals surface area (Å²) in [7, 11) is 0. The molecule has 54 valence electrons. The molecule has 0 heterocycles. The van der Waals surface area contributed by atoms with Crippen molar-refractivity contribution in [3.8, 4) is 0 Å². The van der Waals surface area contributed by atoms with E-state index in [4.69, 9.17) is 10.8 Å². The van der Waals surface area contributed by atoms with Crippen molar-refractivity contribution in [3.05, 3.63) is 12.7 Å². The summed E-state index contributed by atoms with van der Waals surface area (Å²) in [5.74, 6) is -0.190. The third kappa shape index (κ3) is 36.1. The van der Waals surface area contributed by atoms with E-state index in [1.165, 1.54) is 0 Å². The highest BCUT2D eigenvalue weighted by atomic mass is 32.1. The van der Waals surface area contributed by atoms with Crippen molar-refractivity contribution in [1.29, 1.82) is 0 Å². The van der Waals surface area contributed by atoms with Gasteiger partial charge in [-0.1, -0.05) is 6.58 Å². The second-order valence-electron chi connectivity index (χ2n) is 1.05. The number of carbonyl (C=O) groups is 1. The third-order valence-corrected chi connectivity index (χ3v) is 0.562. The maximum atomic E-state index is 9.25. The molecule has 0 unspecified atom stereocenters. The molecule has 0 amide bonds. The zero-order valence-electron chi connectivity index (χ0n) is 5.08. The van der Waals surface area contributed by atoms with Crippen molar-refractivity contribution >= 4 is 18.6 Å². The Morgan fingerprint density at radius 1 is 1.89 bits per heavy atom. The van der Waals surface area contributed by atoms with Crippen molar-refractivity contribution in [2.24, 2.45) is 5.73 Å². The monoisotopic (exact) mass is 149 g/mol. The second kappa shape index (κ2) is 10.5. The molecule has 0 aliphatic carbocycles. The average Bonchev–Trinajstić information content (AvgIpc) is 1.89. The summed E-state index contributed by atoms with van der Waals surface area (Å²) in [4.78, 5) is 9.25. The molecular weight excluding hydrogens is 138 g/mol. The van der Waals surface area contributed by atoms with Crippen LogP contribution in [-0.4, -0.2) is 23.4 Å². The van der Waals surface area contributed by atoms with Gasteiger partial charge in [0.1, 0.15) is 0 Å². The van der Waals surface area contributed by atoms with Gasteiger partial charge in [0, 0.05) is 18.4 Å². The van der Waals surface area contributed by atoms with Crippen LogP contribution < -0.4 is 5.73 Å². The van der Waals surface area contributed by atoms with Crippen molar-refractivity contribution in [3.63, 3.8) is 0 Å². The standard InChI is InChI=1S/C3H4O2.C2H7NS/c1-2-3(4)5;3-1-2-4/h2H,1H2,(H,4,5);4H,1-3H2. The van der Waals surface area contributed by atoms with Gasteiger partial charge in [0.05, 0.1) is 0 Å². The Bertz CT molecular complexity index is 83.0. The van der Waals surface area contributed by atoms with Gasteiger partial charge in [0.15, 0.2) is 0 Å². The lowest BCUT2D eigenvalue weighted by atomic mass is 10.7. The Morgan fingerprint density at radius 3 is 2.11 bits per heavy atom. The van der Waals surface area contributed by atoms with Crippen LogP contribution in [0.25, 0.3) is 0 Å². The molecule has 0 saturated carbocycles. The smallest absolute Gasteiger partial charge is 0.327 e. The number of thiol groups is 1. The van der Waals surface area contributed by atoms with E-state index in [0.29, 0.717) is 6.54 Å². The largest absolute Gasteiger partial charge is 0.478 e. The highest BCUT2D eigenvalue weighted by Crippen LogP contribution is 1.58. The van der Waals surface area contributed by atoms with Crippen molar-refractivity contribution < 1.29 is 9.90 Å². The minimum absolute atomic E-state index is 0.684. The van der Waals surface area contributed by atoms with Crippen LogP contribution in [0.1, 0.15) is 0 Å². The van der Waals surface area contributed by atoms with Gasteiger partial charge in [-0.05, 0) is 0 Å². The Kier molecular flexibility index (Phi) is 13.2. The van der Waals surface area contributed by atoms with E-state index in [9.17, 15) is 4.79 Å². The fourth-order valence-electron chi connectivity index (χ4n) is 0. The molecule has 0 aromatic heterocycles. The number of rotatable bonds is 2. The van der Waals surface area contributed by atoms with Gasteiger partial charge in [-0.3, -0.25) is 0 Å². The molecule has 0 bridgehead atoms. The minimum Gasteiger partial charge on any atom is -0.478 e. The minimum atomic E-state index is -0.981. The van der Waals surface area contributed by atoms with E-state index >= 15 is 0 Å². The Balaban J connectivity index is 0. The molecule has 3 nitrogen and oxygen atoms in total. The number of aliphatic carboxylic acids is 1. The molecule has 3 N–H and O–H groups in total. The fraction of sp³-hybridized carbons (Fsp3) is 0.400. The molecule has 9 heavy (non-hydrogen) atoms. The quantitative estimate of drug-likeness (QED) is 0.386. The SMILES string of the molecule is C=CC(=O)O.NCCS. The first-order valence-electron chi connectivity index (χ1n) is 2.35. The van der Waals surface area contributed by atoms with Gasteiger partial charge in [0.2, 0.25) is 0 Å². The predicted octanol–water partition coefficient (Wildman–Crippen LogP) is 0.132. The summed E-state index contributed by atoms with van der Waals surface area (Å²) >= 11 is 3.80. The number of carboxylic acids is 1. The number of hydrogen-bond acceptors (Lipinski definition) is 3. The lowest BCUT2D eigenvalue weighted by Gasteiger charge is -1.69. The van der Waals surface area contributed by atoms with Gasteiger partial charge in [-0.25, -0.2) is 4.79 Å². The zero-order chi connectivity index (χ0) is 7.70. The maximum Gasteiger partial charge on any atom is 0.327 e. The molecule has 0 spiro atoms. The van der Waals surface area contributed by atoms with E-state index in [0.717, 1.165) is 11.8 Å². The maximum absolute atomic E-state index is 9.25. The first-order valence-corrected chi connectivity index (χ1v) is 2.98. The molecule has 0 saturated heterocycles. The van der Waals surface area contributed by atoms with Crippen LogP contribution in [0, 0.1) is 0 Å². The fourth-order valence-corrected chi connectivity index (χ4v) is 0. The summed E-state index contributed by atoms with van der Waals surface area (Å²) in [5, 5.41) is 7.60. The third-order valence-electron chi connectivity index (χ3n) is 0.304. The van der Waals surface area contributed by atoms with Gasteiger partial charge in [0.25, 0.3) is 0 Å². The second-order valence-corrected chi connectivity index (χ2v) is 1.50. The molecule has 0 rings (SSSR count). The zero-order valence-corrected chi connectivity index (χ0v) is 5.97. The average molecular weight is 149 g/mol. The van der Waals surface area contributed by atoms with Crippen molar-refractivity contribution in [2.75, 3.05) is 12.3 Å². The molecule has 0 atom stereocenters. The summed E-state index contributed by atoms with van der Waals surface area (Å²) in [5.41, 5.74) is 4.95. The first-order chi connectivity index (χ1) is 4.18. The summed E-state index contributed by atoms with van der Waals surface area (Å²) < 4.78 is 0. The number of hydrogen-bond donors (Lipinski definition) is 3. The van der Waals surface area contributed by atoms with Gasteiger partial charge >= 0.3 is 5.97 Å². The molecular formula is C5H11NO2S. The summed E-state index contributed by atoms with van der Waals surface area (Å²) in [6.07, 6.45) is 0.833. The van der Waals surface area contributed by atoms with Crippen LogP contribution in [0.2, 0.25) is 0 Å². The van der Waals surface area contributed by atoms with E-state index in [2.05, 4.69) is 19.2 Å².